The predicted octanol–water partition coefficient (Wildman–Crippen LogP) is 5.38. The highest BCUT2D eigenvalue weighted by atomic mass is 32.1. The average molecular weight is 473 g/mol. The third-order valence-electron chi connectivity index (χ3n) is 4.14. The molecule has 0 spiro atoms. The van der Waals surface area contributed by atoms with E-state index in [2.05, 4.69) is 20.8 Å². The molecule has 1 atom stereocenters. The fourth-order valence-corrected chi connectivity index (χ4v) is 5.73. The number of hydrogen-bond acceptors (Lipinski definition) is 8. The monoisotopic (exact) mass is 472 g/mol. The summed E-state index contributed by atoms with van der Waals surface area (Å²) in [6.45, 7) is 3.72. The molecule has 1 unspecified atom stereocenters. The number of carbonyl (C=O) groups is 1. The average Bonchev–Trinajstić information content (AvgIpc) is 3.25. The van der Waals surface area contributed by atoms with Crippen LogP contribution in [0.2, 0.25) is 0 Å². The van der Waals surface area contributed by atoms with Gasteiger partial charge in [0.05, 0.1) is 13.2 Å². The normalized spacial score (nSPS) is 12.6. The lowest BCUT2D eigenvalue weighted by Gasteiger charge is -2.24. The Balaban J connectivity index is 1.84. The summed E-state index contributed by atoms with van der Waals surface area (Å²) in [7, 11) is -3.76. The molecule has 1 aromatic heterocycles. The van der Waals surface area contributed by atoms with Gasteiger partial charge in [-0.2, -0.15) is 0 Å². The van der Waals surface area contributed by atoms with E-state index < -0.39 is 19.3 Å². The Bertz CT molecular complexity index is 1070. The number of amides is 1. The van der Waals surface area contributed by atoms with Crippen LogP contribution in [-0.2, 0) is 18.4 Å². The highest BCUT2D eigenvalue weighted by Gasteiger charge is 2.40. The van der Waals surface area contributed by atoms with Crippen LogP contribution >= 0.6 is 18.9 Å². The Kier molecular flexibility index (Phi) is 8.70. The Hall–Kier alpha value is -2.84. The van der Waals surface area contributed by atoms with Crippen molar-refractivity contribution >= 4 is 41.7 Å². The second kappa shape index (κ2) is 11.7. The zero-order chi connectivity index (χ0) is 22.8. The standard InChI is InChI=1S/C22H25N4O4PS/c1-3-29-31(28,30-4-2)20(24-19(27)16-15-17-11-7-5-8-12-17)21-25-26-22(32-21)23-18-13-9-6-10-14-18/h5-16,20H,3-4H2,1-2H3,(H,23,26)(H,24,27). The molecule has 2 aromatic carbocycles. The van der Waals surface area contributed by atoms with E-state index in [1.165, 1.54) is 17.4 Å². The van der Waals surface area contributed by atoms with Gasteiger partial charge in [0.15, 0.2) is 10.8 Å². The number of anilines is 2. The lowest BCUT2D eigenvalue weighted by atomic mass is 10.2. The number of para-hydroxylation sites is 1. The van der Waals surface area contributed by atoms with Crippen LogP contribution in [-0.4, -0.2) is 29.3 Å². The van der Waals surface area contributed by atoms with Gasteiger partial charge >= 0.3 is 7.60 Å². The first-order valence-corrected chi connectivity index (χ1v) is 12.5. The summed E-state index contributed by atoms with van der Waals surface area (Å²) in [5, 5.41) is 15.0. The van der Waals surface area contributed by atoms with Crippen molar-refractivity contribution in [2.24, 2.45) is 0 Å². The molecule has 3 rings (SSSR count). The zero-order valence-electron chi connectivity index (χ0n) is 17.8. The highest BCUT2D eigenvalue weighted by Crippen LogP contribution is 2.60. The summed E-state index contributed by atoms with van der Waals surface area (Å²) in [5.41, 5.74) is 1.70. The molecule has 32 heavy (non-hydrogen) atoms. The van der Waals surface area contributed by atoms with Crippen molar-refractivity contribution in [1.82, 2.24) is 15.5 Å². The quantitative estimate of drug-likeness (QED) is 0.285. The van der Waals surface area contributed by atoms with Crippen molar-refractivity contribution in [3.8, 4) is 0 Å². The molecule has 2 N–H and O–H groups in total. The second-order valence-electron chi connectivity index (χ2n) is 6.47. The van der Waals surface area contributed by atoms with Gasteiger partial charge in [0, 0.05) is 11.8 Å². The van der Waals surface area contributed by atoms with Crippen LogP contribution in [0.5, 0.6) is 0 Å². The van der Waals surface area contributed by atoms with Crippen molar-refractivity contribution in [2.75, 3.05) is 18.5 Å². The van der Waals surface area contributed by atoms with Gasteiger partial charge in [-0.15, -0.1) is 10.2 Å². The fourth-order valence-electron chi connectivity index (χ4n) is 2.78. The lowest BCUT2D eigenvalue weighted by Crippen LogP contribution is -2.28. The molecule has 1 amide bonds. The SMILES string of the molecule is CCOP(=O)(OCC)C(NC(=O)C=Cc1ccccc1)c1nnc(Nc2ccccc2)s1. The van der Waals surface area contributed by atoms with Crippen molar-refractivity contribution in [2.45, 2.75) is 19.6 Å². The number of nitrogens with one attached hydrogen (secondary N) is 2. The Morgan fingerprint density at radius 2 is 1.66 bits per heavy atom. The van der Waals surface area contributed by atoms with Crippen LogP contribution in [0.3, 0.4) is 0 Å². The molecule has 0 aliphatic heterocycles. The first-order valence-electron chi connectivity index (χ1n) is 10.1. The van der Waals surface area contributed by atoms with E-state index in [0.717, 1.165) is 11.3 Å². The summed E-state index contributed by atoms with van der Waals surface area (Å²) in [5.74, 6) is -1.55. The molecule has 0 aliphatic rings. The van der Waals surface area contributed by atoms with E-state index in [1.54, 1.807) is 19.9 Å². The van der Waals surface area contributed by atoms with Crippen LogP contribution in [0.1, 0.15) is 30.2 Å². The first-order chi connectivity index (χ1) is 15.5. The smallest absolute Gasteiger partial charge is 0.333 e. The minimum atomic E-state index is -3.76. The maximum Gasteiger partial charge on any atom is 0.359 e. The topological polar surface area (TPSA) is 102 Å². The number of aromatic nitrogens is 2. The summed E-state index contributed by atoms with van der Waals surface area (Å²) in [4.78, 5) is 12.7. The molecule has 0 saturated carbocycles. The van der Waals surface area contributed by atoms with Crippen LogP contribution in [0, 0.1) is 0 Å². The minimum Gasteiger partial charge on any atom is -0.333 e. The molecule has 10 heteroatoms. The van der Waals surface area contributed by atoms with Gasteiger partial charge in [-0.05, 0) is 37.6 Å². The maximum atomic E-state index is 13.5. The van der Waals surface area contributed by atoms with E-state index >= 15 is 0 Å². The molecule has 0 aliphatic carbocycles. The molecule has 0 fully saturated rings. The number of rotatable bonds is 11. The second-order valence-corrected chi connectivity index (χ2v) is 9.59. The van der Waals surface area contributed by atoms with E-state index in [0.29, 0.717) is 10.1 Å². The van der Waals surface area contributed by atoms with E-state index in [4.69, 9.17) is 9.05 Å². The summed E-state index contributed by atoms with van der Waals surface area (Å²) in [6, 6.07) is 18.9. The Morgan fingerprint density at radius 1 is 1.03 bits per heavy atom. The highest BCUT2D eigenvalue weighted by molar-refractivity contribution is 7.54. The number of hydrogen-bond donors (Lipinski definition) is 2. The first kappa shape index (κ1) is 23.8. The van der Waals surface area contributed by atoms with Crippen molar-refractivity contribution in [3.05, 3.63) is 77.3 Å². The van der Waals surface area contributed by atoms with Crippen molar-refractivity contribution < 1.29 is 18.4 Å². The molecule has 3 aromatic rings. The van der Waals surface area contributed by atoms with Gasteiger partial charge in [0.25, 0.3) is 0 Å². The van der Waals surface area contributed by atoms with Gasteiger partial charge in [-0.1, -0.05) is 59.9 Å². The van der Waals surface area contributed by atoms with E-state index in [1.807, 2.05) is 60.7 Å². The molecular formula is C22H25N4O4PS. The molecular weight excluding hydrogens is 447 g/mol. The summed E-state index contributed by atoms with van der Waals surface area (Å²) < 4.78 is 24.5. The third-order valence-corrected chi connectivity index (χ3v) is 7.46. The van der Waals surface area contributed by atoms with Crippen molar-refractivity contribution in [3.63, 3.8) is 0 Å². The fraction of sp³-hybridized carbons (Fsp3) is 0.227. The number of carbonyl (C=O) groups excluding carboxylic acids is 1. The summed E-state index contributed by atoms with van der Waals surface area (Å²) in [6.07, 6.45) is 3.04. The molecule has 0 radical (unpaired) electrons. The summed E-state index contributed by atoms with van der Waals surface area (Å²) >= 11 is 1.17. The van der Waals surface area contributed by atoms with Crippen LogP contribution < -0.4 is 10.6 Å². The van der Waals surface area contributed by atoms with Crippen LogP contribution in [0.25, 0.3) is 6.08 Å². The third kappa shape index (κ3) is 6.58. The lowest BCUT2D eigenvalue weighted by molar-refractivity contribution is -0.116. The minimum absolute atomic E-state index is 0.150. The molecule has 168 valence electrons. The zero-order valence-corrected chi connectivity index (χ0v) is 19.5. The van der Waals surface area contributed by atoms with Gasteiger partial charge < -0.3 is 19.7 Å². The van der Waals surface area contributed by atoms with E-state index in [-0.39, 0.29) is 13.2 Å². The molecule has 1 heterocycles. The molecule has 0 bridgehead atoms. The van der Waals surface area contributed by atoms with Gasteiger partial charge in [0.1, 0.15) is 0 Å². The number of benzene rings is 2. The number of nitrogens with zero attached hydrogens (tertiary/aromatic N) is 2. The Morgan fingerprint density at radius 3 is 2.28 bits per heavy atom. The van der Waals surface area contributed by atoms with E-state index in [9.17, 15) is 9.36 Å². The van der Waals surface area contributed by atoms with Crippen molar-refractivity contribution in [1.29, 1.82) is 0 Å². The maximum absolute atomic E-state index is 13.5. The predicted molar refractivity (Wildman–Crippen MR) is 127 cm³/mol. The molecule has 8 nitrogen and oxygen atoms in total. The van der Waals surface area contributed by atoms with Crippen LogP contribution in [0.4, 0.5) is 10.8 Å². The van der Waals surface area contributed by atoms with Crippen LogP contribution in [0.15, 0.2) is 66.7 Å². The largest absolute Gasteiger partial charge is 0.359 e. The molecule has 0 saturated heterocycles. The van der Waals surface area contributed by atoms with Gasteiger partial charge in [-0.3, -0.25) is 9.36 Å². The Labute approximate surface area is 191 Å². The van der Waals surface area contributed by atoms with Gasteiger partial charge in [0.2, 0.25) is 11.0 Å². The van der Waals surface area contributed by atoms with Gasteiger partial charge in [-0.25, -0.2) is 0 Å².